The number of hydrogen-bond donors (Lipinski definition) is 2. The highest BCUT2D eigenvalue weighted by atomic mass is 79.9. The second-order valence-electron chi connectivity index (χ2n) is 4.56. The molecular weight excluding hydrogens is 314 g/mol. The highest BCUT2D eigenvalue weighted by molar-refractivity contribution is 9.10. The van der Waals surface area contributed by atoms with Crippen LogP contribution in [0.2, 0.25) is 0 Å². The maximum Gasteiger partial charge on any atom is 0.273 e. The van der Waals surface area contributed by atoms with Crippen LogP contribution in [0, 0.1) is 0 Å². The number of hydrogen-bond acceptors (Lipinski definition) is 4. The van der Waals surface area contributed by atoms with Crippen LogP contribution in [-0.2, 0) is 4.79 Å². The fourth-order valence-corrected chi connectivity index (χ4v) is 2.53. The molecule has 0 aromatic carbocycles. The van der Waals surface area contributed by atoms with Crippen molar-refractivity contribution >= 4 is 27.7 Å². The summed E-state index contributed by atoms with van der Waals surface area (Å²) in [5.41, 5.74) is 3.80. The Hall–Kier alpha value is -1.47. The van der Waals surface area contributed by atoms with Gasteiger partial charge in [-0.25, -0.2) is 4.98 Å². The molecule has 0 radical (unpaired) electrons. The Kier molecular flexibility index (Phi) is 3.86. The summed E-state index contributed by atoms with van der Waals surface area (Å²) in [5, 5.41) is 10.1. The molecule has 2 rings (SSSR count). The number of likely N-dealkylation sites (tertiary alicyclic amines) is 1. The Morgan fingerprint density at radius 3 is 2.89 bits per heavy atom. The maximum atomic E-state index is 12.3. The molecule has 102 valence electrons. The van der Waals surface area contributed by atoms with Crippen molar-refractivity contribution in [2.24, 2.45) is 5.73 Å². The van der Waals surface area contributed by atoms with Gasteiger partial charge in [0.05, 0.1) is 6.54 Å². The van der Waals surface area contributed by atoms with E-state index in [-0.39, 0.29) is 24.6 Å². The van der Waals surface area contributed by atoms with E-state index in [1.165, 1.54) is 11.1 Å². The number of pyridine rings is 1. The van der Waals surface area contributed by atoms with Gasteiger partial charge in [0.15, 0.2) is 5.60 Å². The van der Waals surface area contributed by atoms with Gasteiger partial charge in [0.2, 0.25) is 0 Å². The van der Waals surface area contributed by atoms with Crippen LogP contribution in [0.15, 0.2) is 22.8 Å². The average molecular weight is 328 g/mol. The first-order valence-electron chi connectivity index (χ1n) is 5.86. The first-order valence-corrected chi connectivity index (χ1v) is 6.65. The number of primary amides is 1. The molecule has 19 heavy (non-hydrogen) atoms. The zero-order valence-corrected chi connectivity index (χ0v) is 11.8. The van der Waals surface area contributed by atoms with Gasteiger partial charge in [-0.05, 0) is 40.9 Å². The van der Waals surface area contributed by atoms with Gasteiger partial charge in [0, 0.05) is 17.2 Å². The molecule has 0 aliphatic carbocycles. The highest BCUT2D eigenvalue weighted by Gasteiger charge is 2.40. The zero-order chi connectivity index (χ0) is 14.0. The Labute approximate surface area is 118 Å². The SMILES string of the molecule is NC(=O)[C@]1(O)CCCN(C(=O)c2ncccc2Br)C1. The van der Waals surface area contributed by atoms with Crippen LogP contribution >= 0.6 is 15.9 Å². The topological polar surface area (TPSA) is 96.5 Å². The van der Waals surface area contributed by atoms with Crippen LogP contribution < -0.4 is 5.73 Å². The van der Waals surface area contributed by atoms with Gasteiger partial charge in [-0.15, -0.1) is 0 Å². The van der Waals surface area contributed by atoms with E-state index in [0.29, 0.717) is 17.4 Å². The standard InChI is InChI=1S/C12H14BrN3O3/c13-8-3-1-5-15-9(8)10(17)16-6-2-4-12(19,7-16)11(14)18/h1,3,5,19H,2,4,6-7H2,(H2,14,18)/t12-/m0/s1. The molecular formula is C12H14BrN3O3. The number of carbonyl (C=O) groups excluding carboxylic acids is 2. The van der Waals surface area contributed by atoms with Crippen molar-refractivity contribution in [3.8, 4) is 0 Å². The summed E-state index contributed by atoms with van der Waals surface area (Å²) in [7, 11) is 0. The number of nitrogens with zero attached hydrogens (tertiary/aromatic N) is 2. The minimum Gasteiger partial charge on any atom is -0.378 e. The van der Waals surface area contributed by atoms with Crippen LogP contribution in [-0.4, -0.2) is 45.5 Å². The number of aliphatic hydroxyl groups is 1. The third kappa shape index (κ3) is 2.76. The van der Waals surface area contributed by atoms with E-state index in [1.54, 1.807) is 12.1 Å². The van der Waals surface area contributed by atoms with Crippen molar-refractivity contribution in [1.82, 2.24) is 9.88 Å². The number of halogens is 1. The third-order valence-electron chi connectivity index (χ3n) is 3.18. The van der Waals surface area contributed by atoms with Gasteiger partial charge in [-0.1, -0.05) is 0 Å². The van der Waals surface area contributed by atoms with E-state index in [0.717, 1.165) is 0 Å². The molecule has 7 heteroatoms. The first-order chi connectivity index (χ1) is 8.94. The molecule has 0 bridgehead atoms. The molecule has 2 heterocycles. The van der Waals surface area contributed by atoms with E-state index in [9.17, 15) is 14.7 Å². The molecule has 6 nitrogen and oxygen atoms in total. The largest absolute Gasteiger partial charge is 0.378 e. The fourth-order valence-electron chi connectivity index (χ4n) is 2.10. The van der Waals surface area contributed by atoms with Crippen molar-refractivity contribution in [2.45, 2.75) is 18.4 Å². The van der Waals surface area contributed by atoms with Gasteiger partial charge in [0.25, 0.3) is 11.8 Å². The molecule has 1 aliphatic rings. The van der Waals surface area contributed by atoms with Crippen molar-refractivity contribution in [3.63, 3.8) is 0 Å². The molecule has 0 spiro atoms. The molecule has 0 unspecified atom stereocenters. The summed E-state index contributed by atoms with van der Waals surface area (Å²) in [6, 6.07) is 3.42. The normalized spacial score (nSPS) is 23.2. The van der Waals surface area contributed by atoms with E-state index < -0.39 is 11.5 Å². The summed E-state index contributed by atoms with van der Waals surface area (Å²) in [5.74, 6) is -1.13. The monoisotopic (exact) mass is 327 g/mol. The predicted octanol–water partition coefficient (Wildman–Crippen LogP) is 0.297. The van der Waals surface area contributed by atoms with E-state index in [2.05, 4.69) is 20.9 Å². The minimum absolute atomic E-state index is 0.0931. The van der Waals surface area contributed by atoms with Gasteiger partial charge in [0.1, 0.15) is 5.69 Å². The summed E-state index contributed by atoms with van der Waals surface area (Å²) >= 11 is 3.26. The lowest BCUT2D eigenvalue weighted by molar-refractivity contribution is -0.140. The van der Waals surface area contributed by atoms with Gasteiger partial charge in [-0.2, -0.15) is 0 Å². The molecule has 1 atom stereocenters. The number of amides is 2. The van der Waals surface area contributed by atoms with Crippen LogP contribution in [0.1, 0.15) is 23.3 Å². The second kappa shape index (κ2) is 5.26. The molecule has 1 aromatic rings. The Morgan fingerprint density at radius 2 is 2.26 bits per heavy atom. The van der Waals surface area contributed by atoms with Gasteiger partial charge < -0.3 is 15.7 Å². The van der Waals surface area contributed by atoms with Crippen LogP contribution in [0.25, 0.3) is 0 Å². The van der Waals surface area contributed by atoms with Crippen LogP contribution in [0.4, 0.5) is 0 Å². The van der Waals surface area contributed by atoms with E-state index >= 15 is 0 Å². The molecule has 1 saturated heterocycles. The van der Waals surface area contributed by atoms with Crippen molar-refractivity contribution in [3.05, 3.63) is 28.5 Å². The van der Waals surface area contributed by atoms with Gasteiger partial charge >= 0.3 is 0 Å². The van der Waals surface area contributed by atoms with E-state index in [1.807, 2.05) is 0 Å². The summed E-state index contributed by atoms with van der Waals surface area (Å²) in [6.07, 6.45) is 2.31. The smallest absolute Gasteiger partial charge is 0.273 e. The molecule has 1 aliphatic heterocycles. The molecule has 2 amide bonds. The maximum absolute atomic E-state index is 12.3. The number of piperidine rings is 1. The minimum atomic E-state index is -1.64. The lowest BCUT2D eigenvalue weighted by Gasteiger charge is -2.36. The van der Waals surface area contributed by atoms with Crippen LogP contribution in [0.5, 0.6) is 0 Å². The zero-order valence-electron chi connectivity index (χ0n) is 10.2. The summed E-state index contributed by atoms with van der Waals surface area (Å²) in [6.45, 7) is 0.377. The molecule has 3 N–H and O–H groups in total. The lowest BCUT2D eigenvalue weighted by Crippen LogP contribution is -2.57. The van der Waals surface area contributed by atoms with Gasteiger partial charge in [-0.3, -0.25) is 9.59 Å². The molecule has 1 aromatic heterocycles. The Morgan fingerprint density at radius 1 is 1.53 bits per heavy atom. The van der Waals surface area contributed by atoms with E-state index in [4.69, 9.17) is 5.73 Å². The number of aromatic nitrogens is 1. The van der Waals surface area contributed by atoms with Crippen molar-refractivity contribution in [2.75, 3.05) is 13.1 Å². The Balaban J connectivity index is 2.21. The average Bonchev–Trinajstić information content (AvgIpc) is 2.38. The molecule has 1 fully saturated rings. The number of rotatable bonds is 2. The molecule has 0 saturated carbocycles. The first kappa shape index (κ1) is 14.0. The number of carbonyl (C=O) groups is 2. The third-order valence-corrected chi connectivity index (χ3v) is 3.82. The van der Waals surface area contributed by atoms with Crippen molar-refractivity contribution < 1.29 is 14.7 Å². The van der Waals surface area contributed by atoms with Crippen molar-refractivity contribution in [1.29, 1.82) is 0 Å². The predicted molar refractivity (Wildman–Crippen MR) is 71.2 cm³/mol. The fraction of sp³-hybridized carbons (Fsp3) is 0.417. The quantitative estimate of drug-likeness (QED) is 0.816. The highest BCUT2D eigenvalue weighted by Crippen LogP contribution is 2.23. The lowest BCUT2D eigenvalue weighted by atomic mass is 9.92. The summed E-state index contributed by atoms with van der Waals surface area (Å²) < 4.78 is 0.577. The summed E-state index contributed by atoms with van der Waals surface area (Å²) in [4.78, 5) is 29.0. The number of β-amino-alcohol motifs (C(OH)–C–C–N with tert-alkyl or cyclic N) is 1. The Bertz CT molecular complexity index is 523. The second-order valence-corrected chi connectivity index (χ2v) is 5.41. The van der Waals surface area contributed by atoms with Crippen LogP contribution in [0.3, 0.4) is 0 Å². The number of nitrogens with two attached hydrogens (primary N) is 1.